The number of benzene rings is 1. The first-order chi connectivity index (χ1) is 8.45. The van der Waals surface area contributed by atoms with E-state index in [-0.39, 0.29) is 29.8 Å². The van der Waals surface area contributed by atoms with Crippen molar-refractivity contribution < 1.29 is 22.7 Å². The van der Waals surface area contributed by atoms with Crippen LogP contribution in [0.15, 0.2) is 17.0 Å². The molecule has 1 aliphatic heterocycles. The molecule has 0 aromatic heterocycles. The minimum atomic E-state index is -3.44. The van der Waals surface area contributed by atoms with E-state index < -0.39 is 9.84 Å². The van der Waals surface area contributed by atoms with Crippen molar-refractivity contribution in [2.45, 2.75) is 24.2 Å². The van der Waals surface area contributed by atoms with Crippen molar-refractivity contribution in [3.63, 3.8) is 0 Å². The fraction of sp³-hybridized carbons (Fsp3) is 0.417. The molecule has 6 heteroatoms. The lowest BCUT2D eigenvalue weighted by atomic mass is 9.98. The van der Waals surface area contributed by atoms with Crippen molar-refractivity contribution in [3.05, 3.63) is 17.7 Å². The molecule has 1 heterocycles. The highest BCUT2D eigenvalue weighted by Gasteiger charge is 2.28. The molecule has 1 aromatic rings. The number of ether oxygens (including phenoxy) is 2. The number of carbonyl (C=O) groups is 1. The molecule has 0 N–H and O–H groups in total. The summed E-state index contributed by atoms with van der Waals surface area (Å²) in [5.74, 6) is 0.506. The largest absolute Gasteiger partial charge is 0.454 e. The highest BCUT2D eigenvalue weighted by molar-refractivity contribution is 7.90. The first-order valence-corrected chi connectivity index (χ1v) is 7.40. The quantitative estimate of drug-likeness (QED) is 0.776. The molecule has 0 bridgehead atoms. The summed E-state index contributed by atoms with van der Waals surface area (Å²) in [6.45, 7) is 1.82. The van der Waals surface area contributed by atoms with Crippen LogP contribution in [0.25, 0.3) is 0 Å². The molecule has 1 aliphatic rings. The number of fused-ring (bicyclic) bond motifs is 1. The molecule has 1 atom stereocenters. The first-order valence-electron chi connectivity index (χ1n) is 5.51. The number of aldehydes is 1. The van der Waals surface area contributed by atoms with E-state index >= 15 is 0 Å². The summed E-state index contributed by atoms with van der Waals surface area (Å²) < 4.78 is 34.2. The van der Waals surface area contributed by atoms with Gasteiger partial charge in [-0.15, -0.1) is 0 Å². The Hall–Kier alpha value is -1.56. The van der Waals surface area contributed by atoms with Crippen LogP contribution in [0, 0.1) is 0 Å². The molecule has 0 radical (unpaired) electrons. The molecule has 18 heavy (non-hydrogen) atoms. The van der Waals surface area contributed by atoms with Crippen LogP contribution in [-0.2, 0) is 14.6 Å². The van der Waals surface area contributed by atoms with Gasteiger partial charge < -0.3 is 14.3 Å². The Morgan fingerprint density at radius 1 is 1.39 bits per heavy atom. The lowest BCUT2D eigenvalue weighted by molar-refractivity contribution is -0.108. The van der Waals surface area contributed by atoms with Gasteiger partial charge >= 0.3 is 0 Å². The van der Waals surface area contributed by atoms with E-state index in [0.29, 0.717) is 11.3 Å². The Kier molecular flexibility index (Phi) is 3.30. The van der Waals surface area contributed by atoms with Crippen LogP contribution in [0.4, 0.5) is 0 Å². The van der Waals surface area contributed by atoms with E-state index in [4.69, 9.17) is 9.47 Å². The van der Waals surface area contributed by atoms with Crippen LogP contribution in [0.3, 0.4) is 0 Å². The summed E-state index contributed by atoms with van der Waals surface area (Å²) in [7, 11) is -3.44. The zero-order valence-corrected chi connectivity index (χ0v) is 11.0. The number of sulfone groups is 1. The molecule has 1 unspecified atom stereocenters. The topological polar surface area (TPSA) is 69.7 Å². The van der Waals surface area contributed by atoms with Gasteiger partial charge in [-0.1, -0.05) is 13.0 Å². The number of hydrogen-bond acceptors (Lipinski definition) is 5. The van der Waals surface area contributed by atoms with Crippen molar-refractivity contribution in [2.24, 2.45) is 0 Å². The first kappa shape index (κ1) is 12.9. The lowest BCUT2D eigenvalue weighted by Gasteiger charge is -2.15. The van der Waals surface area contributed by atoms with Crippen molar-refractivity contribution in [3.8, 4) is 11.5 Å². The Bertz CT molecular complexity index is 576. The smallest absolute Gasteiger partial charge is 0.231 e. The van der Waals surface area contributed by atoms with E-state index in [1.165, 1.54) is 0 Å². The monoisotopic (exact) mass is 270 g/mol. The number of hydrogen-bond donors (Lipinski definition) is 0. The summed E-state index contributed by atoms with van der Waals surface area (Å²) >= 11 is 0. The van der Waals surface area contributed by atoms with Gasteiger partial charge in [-0.2, -0.15) is 0 Å². The minimum Gasteiger partial charge on any atom is -0.454 e. The predicted octanol–water partition coefficient (Wildman–Crippen LogP) is 1.51. The third kappa shape index (κ3) is 2.20. The molecule has 0 fully saturated rings. The molecule has 1 aromatic carbocycles. The number of rotatable bonds is 4. The molecule has 0 saturated carbocycles. The SMILES string of the molecule is CC(CC=O)c1ccc2c(c1S(C)(=O)=O)OCO2. The van der Waals surface area contributed by atoms with E-state index in [0.717, 1.165) is 12.5 Å². The molecule has 2 rings (SSSR count). The highest BCUT2D eigenvalue weighted by atomic mass is 32.2. The maximum absolute atomic E-state index is 11.9. The molecular weight excluding hydrogens is 256 g/mol. The fourth-order valence-electron chi connectivity index (χ4n) is 2.00. The van der Waals surface area contributed by atoms with Crippen LogP contribution in [0.2, 0.25) is 0 Å². The van der Waals surface area contributed by atoms with Gasteiger partial charge in [0.1, 0.15) is 11.2 Å². The van der Waals surface area contributed by atoms with Crippen molar-refractivity contribution in [1.82, 2.24) is 0 Å². The zero-order valence-electron chi connectivity index (χ0n) is 10.2. The van der Waals surface area contributed by atoms with Gasteiger partial charge in [0, 0.05) is 12.7 Å². The number of carbonyl (C=O) groups excluding carboxylic acids is 1. The fourth-order valence-corrected chi connectivity index (χ4v) is 3.20. The molecule has 0 amide bonds. The molecular formula is C12H14O5S. The van der Waals surface area contributed by atoms with E-state index in [1.54, 1.807) is 19.1 Å². The lowest BCUT2D eigenvalue weighted by Crippen LogP contribution is -2.07. The second-order valence-corrected chi connectivity index (χ2v) is 6.25. The zero-order chi connectivity index (χ0) is 13.3. The van der Waals surface area contributed by atoms with Gasteiger partial charge in [-0.3, -0.25) is 0 Å². The molecule has 0 spiro atoms. The third-order valence-electron chi connectivity index (χ3n) is 2.88. The van der Waals surface area contributed by atoms with Crippen LogP contribution >= 0.6 is 0 Å². The molecule has 98 valence electrons. The van der Waals surface area contributed by atoms with Crippen molar-refractivity contribution >= 4 is 16.1 Å². The summed E-state index contributed by atoms with van der Waals surface area (Å²) in [4.78, 5) is 10.7. The third-order valence-corrected chi connectivity index (χ3v) is 4.04. The Morgan fingerprint density at radius 2 is 2.11 bits per heavy atom. The van der Waals surface area contributed by atoms with Gasteiger partial charge in [-0.05, 0) is 17.5 Å². The normalized spacial score (nSPS) is 15.4. The minimum absolute atomic E-state index is 0.0172. The van der Waals surface area contributed by atoms with E-state index in [1.807, 2.05) is 0 Å². The summed E-state index contributed by atoms with van der Waals surface area (Å²) in [6.07, 6.45) is 2.17. The van der Waals surface area contributed by atoms with E-state index in [2.05, 4.69) is 0 Å². The van der Waals surface area contributed by atoms with Gasteiger partial charge in [0.05, 0.1) is 0 Å². The summed E-state index contributed by atoms with van der Waals surface area (Å²) in [6, 6.07) is 3.35. The molecule has 0 aliphatic carbocycles. The molecule has 0 saturated heterocycles. The predicted molar refractivity (Wildman–Crippen MR) is 64.8 cm³/mol. The van der Waals surface area contributed by atoms with Gasteiger partial charge in [0.15, 0.2) is 21.3 Å². The van der Waals surface area contributed by atoms with Crippen molar-refractivity contribution in [2.75, 3.05) is 13.0 Å². The highest BCUT2D eigenvalue weighted by Crippen LogP contribution is 2.42. The molecule has 5 nitrogen and oxygen atoms in total. The van der Waals surface area contributed by atoms with Crippen LogP contribution < -0.4 is 9.47 Å². The Morgan fingerprint density at radius 3 is 2.72 bits per heavy atom. The Balaban J connectivity index is 2.64. The second-order valence-electron chi connectivity index (χ2n) is 4.29. The van der Waals surface area contributed by atoms with Gasteiger partial charge in [0.2, 0.25) is 6.79 Å². The average Bonchev–Trinajstić information content (AvgIpc) is 2.74. The van der Waals surface area contributed by atoms with Gasteiger partial charge in [-0.25, -0.2) is 8.42 Å². The van der Waals surface area contributed by atoms with Gasteiger partial charge in [0.25, 0.3) is 0 Å². The van der Waals surface area contributed by atoms with Crippen LogP contribution in [0.5, 0.6) is 11.5 Å². The van der Waals surface area contributed by atoms with Crippen LogP contribution in [-0.4, -0.2) is 27.8 Å². The van der Waals surface area contributed by atoms with Crippen LogP contribution in [0.1, 0.15) is 24.8 Å². The summed E-state index contributed by atoms with van der Waals surface area (Å²) in [5.41, 5.74) is 0.592. The average molecular weight is 270 g/mol. The van der Waals surface area contributed by atoms with E-state index in [9.17, 15) is 13.2 Å². The Labute approximate surface area is 106 Å². The maximum Gasteiger partial charge on any atom is 0.231 e. The van der Waals surface area contributed by atoms with Crippen molar-refractivity contribution in [1.29, 1.82) is 0 Å². The maximum atomic E-state index is 11.9. The standard InChI is InChI=1S/C12H14O5S/c1-8(5-6-13)9-3-4-10-11(17-7-16-10)12(9)18(2,14)15/h3-4,6,8H,5,7H2,1-2H3. The summed E-state index contributed by atoms with van der Waals surface area (Å²) in [5, 5.41) is 0. The second kappa shape index (κ2) is 4.61.